The molecular formula is C16H23N3O3S. The molecule has 0 spiro atoms. The summed E-state index contributed by atoms with van der Waals surface area (Å²) in [4.78, 5) is 15.3. The maximum Gasteiger partial charge on any atom is 0.253 e. The summed E-state index contributed by atoms with van der Waals surface area (Å²) in [6.07, 6.45) is 1.65. The summed E-state index contributed by atoms with van der Waals surface area (Å²) >= 11 is 0. The SMILES string of the molecule is CCN(CC)S(=O)(=O)CCNC(=O)c1c[nH]c2ccc(C)cc12. The van der Waals surface area contributed by atoms with Gasteiger partial charge >= 0.3 is 0 Å². The zero-order valence-corrected chi connectivity index (χ0v) is 14.5. The summed E-state index contributed by atoms with van der Waals surface area (Å²) in [6, 6.07) is 5.83. The highest BCUT2D eigenvalue weighted by Gasteiger charge is 2.19. The predicted octanol–water partition coefficient (Wildman–Crippen LogP) is 1.88. The van der Waals surface area contributed by atoms with Gasteiger partial charge in [-0.25, -0.2) is 12.7 Å². The van der Waals surface area contributed by atoms with Crippen LogP contribution in [0.5, 0.6) is 0 Å². The van der Waals surface area contributed by atoms with Crippen LogP contribution in [-0.2, 0) is 10.0 Å². The highest BCUT2D eigenvalue weighted by atomic mass is 32.2. The minimum Gasteiger partial charge on any atom is -0.360 e. The summed E-state index contributed by atoms with van der Waals surface area (Å²) < 4.78 is 25.6. The Balaban J connectivity index is 2.03. The van der Waals surface area contributed by atoms with Gasteiger partial charge in [-0.1, -0.05) is 25.5 Å². The van der Waals surface area contributed by atoms with Crippen LogP contribution in [0.3, 0.4) is 0 Å². The third kappa shape index (κ3) is 3.92. The second-order valence-corrected chi connectivity index (χ2v) is 7.50. The molecule has 2 rings (SSSR count). The van der Waals surface area contributed by atoms with Crippen molar-refractivity contribution >= 4 is 26.8 Å². The van der Waals surface area contributed by atoms with Gasteiger partial charge in [0, 0.05) is 36.7 Å². The molecule has 0 unspecified atom stereocenters. The first-order valence-corrected chi connectivity index (χ1v) is 9.33. The number of hydrogen-bond acceptors (Lipinski definition) is 3. The fraction of sp³-hybridized carbons (Fsp3) is 0.438. The number of aryl methyl sites for hydroxylation is 1. The number of carbonyl (C=O) groups excluding carboxylic acids is 1. The van der Waals surface area contributed by atoms with E-state index in [0.717, 1.165) is 16.5 Å². The van der Waals surface area contributed by atoms with Crippen LogP contribution in [0.1, 0.15) is 29.8 Å². The lowest BCUT2D eigenvalue weighted by molar-refractivity contribution is 0.0957. The maximum absolute atomic E-state index is 12.3. The van der Waals surface area contributed by atoms with Gasteiger partial charge in [-0.15, -0.1) is 0 Å². The average molecular weight is 337 g/mol. The third-order valence-electron chi connectivity index (χ3n) is 3.83. The summed E-state index contributed by atoms with van der Waals surface area (Å²) in [7, 11) is -3.33. The highest BCUT2D eigenvalue weighted by Crippen LogP contribution is 2.19. The summed E-state index contributed by atoms with van der Waals surface area (Å²) in [6.45, 7) is 6.53. The Morgan fingerprint density at radius 1 is 1.26 bits per heavy atom. The molecule has 0 bridgehead atoms. The van der Waals surface area contributed by atoms with Crippen LogP contribution in [0.25, 0.3) is 10.9 Å². The number of aromatic amines is 1. The van der Waals surface area contributed by atoms with Crippen LogP contribution in [0, 0.1) is 6.92 Å². The van der Waals surface area contributed by atoms with Crippen LogP contribution >= 0.6 is 0 Å². The smallest absolute Gasteiger partial charge is 0.253 e. The van der Waals surface area contributed by atoms with E-state index in [1.54, 1.807) is 20.0 Å². The fourth-order valence-corrected chi connectivity index (χ4v) is 3.96. The average Bonchev–Trinajstić information content (AvgIpc) is 2.90. The van der Waals surface area contributed by atoms with Gasteiger partial charge in [-0.2, -0.15) is 0 Å². The van der Waals surface area contributed by atoms with Crippen molar-refractivity contribution < 1.29 is 13.2 Å². The molecule has 0 radical (unpaired) electrons. The Morgan fingerprint density at radius 2 is 1.96 bits per heavy atom. The predicted molar refractivity (Wildman–Crippen MR) is 92.1 cm³/mol. The van der Waals surface area contributed by atoms with E-state index >= 15 is 0 Å². The van der Waals surface area contributed by atoms with Crippen molar-refractivity contribution in [2.24, 2.45) is 0 Å². The normalized spacial score (nSPS) is 12.0. The molecule has 2 aromatic rings. The lowest BCUT2D eigenvalue weighted by atomic mass is 10.1. The summed E-state index contributed by atoms with van der Waals surface area (Å²) in [5.74, 6) is -0.362. The molecule has 1 aromatic carbocycles. The molecule has 0 saturated carbocycles. The third-order valence-corrected chi connectivity index (χ3v) is 5.85. The zero-order valence-electron chi connectivity index (χ0n) is 13.7. The molecule has 1 aromatic heterocycles. The maximum atomic E-state index is 12.3. The van der Waals surface area contributed by atoms with Crippen LogP contribution in [-0.4, -0.2) is 49.0 Å². The lowest BCUT2D eigenvalue weighted by Gasteiger charge is -2.18. The molecule has 1 amide bonds. The van der Waals surface area contributed by atoms with Gasteiger partial charge < -0.3 is 10.3 Å². The van der Waals surface area contributed by atoms with Crippen molar-refractivity contribution in [2.45, 2.75) is 20.8 Å². The van der Waals surface area contributed by atoms with Crippen molar-refractivity contribution in [3.63, 3.8) is 0 Å². The first-order valence-electron chi connectivity index (χ1n) is 7.72. The topological polar surface area (TPSA) is 82.3 Å². The molecule has 2 N–H and O–H groups in total. The van der Waals surface area contributed by atoms with Crippen molar-refractivity contribution in [3.05, 3.63) is 35.5 Å². The van der Waals surface area contributed by atoms with Crippen LogP contribution in [0.15, 0.2) is 24.4 Å². The standard InChI is InChI=1S/C16H23N3O3S/c1-4-19(5-2)23(21,22)9-8-17-16(20)14-11-18-15-7-6-12(3)10-13(14)15/h6-7,10-11,18H,4-5,8-9H2,1-3H3,(H,17,20). The number of rotatable bonds is 7. The molecule has 0 aliphatic carbocycles. The van der Waals surface area contributed by atoms with Gasteiger partial charge in [0.05, 0.1) is 11.3 Å². The molecule has 0 fully saturated rings. The van der Waals surface area contributed by atoms with E-state index in [0.29, 0.717) is 18.7 Å². The van der Waals surface area contributed by atoms with E-state index in [1.807, 2.05) is 25.1 Å². The number of amides is 1. The Kier molecular flexibility index (Phi) is 5.43. The number of sulfonamides is 1. The second-order valence-electron chi connectivity index (χ2n) is 5.41. The van der Waals surface area contributed by atoms with E-state index in [1.165, 1.54) is 4.31 Å². The zero-order chi connectivity index (χ0) is 17.0. The van der Waals surface area contributed by atoms with Crippen LogP contribution in [0.2, 0.25) is 0 Å². The second kappa shape index (κ2) is 7.14. The van der Waals surface area contributed by atoms with Gasteiger partial charge in [-0.05, 0) is 19.1 Å². The number of H-pyrrole nitrogens is 1. The fourth-order valence-electron chi connectivity index (χ4n) is 2.56. The number of aromatic nitrogens is 1. The molecular weight excluding hydrogens is 314 g/mol. The Bertz CT molecular complexity index is 792. The monoisotopic (exact) mass is 337 g/mol. The Morgan fingerprint density at radius 3 is 2.61 bits per heavy atom. The van der Waals surface area contributed by atoms with Gasteiger partial charge in [0.25, 0.3) is 5.91 Å². The van der Waals surface area contributed by atoms with Crippen LogP contribution in [0.4, 0.5) is 0 Å². The van der Waals surface area contributed by atoms with Gasteiger partial charge in [0.1, 0.15) is 0 Å². The van der Waals surface area contributed by atoms with E-state index in [2.05, 4.69) is 10.3 Å². The minimum absolute atomic E-state index is 0.0934. The molecule has 0 atom stereocenters. The molecule has 23 heavy (non-hydrogen) atoms. The van der Waals surface area contributed by atoms with Crippen molar-refractivity contribution in [1.82, 2.24) is 14.6 Å². The van der Waals surface area contributed by atoms with Gasteiger partial charge in [0.15, 0.2) is 0 Å². The van der Waals surface area contributed by atoms with E-state index in [9.17, 15) is 13.2 Å². The quantitative estimate of drug-likeness (QED) is 0.809. The van der Waals surface area contributed by atoms with E-state index in [-0.39, 0.29) is 18.2 Å². The number of nitrogens with one attached hydrogen (secondary N) is 2. The van der Waals surface area contributed by atoms with Crippen molar-refractivity contribution in [3.8, 4) is 0 Å². The van der Waals surface area contributed by atoms with Gasteiger partial charge in [0.2, 0.25) is 10.0 Å². The van der Waals surface area contributed by atoms with E-state index < -0.39 is 10.0 Å². The Hall–Kier alpha value is -1.86. The largest absolute Gasteiger partial charge is 0.360 e. The number of benzene rings is 1. The minimum atomic E-state index is -3.33. The summed E-state index contributed by atoms with van der Waals surface area (Å²) in [5, 5.41) is 3.53. The first kappa shape index (κ1) is 17.5. The number of carbonyl (C=O) groups is 1. The molecule has 0 aliphatic rings. The van der Waals surface area contributed by atoms with Crippen LogP contribution < -0.4 is 5.32 Å². The summed E-state index contributed by atoms with van der Waals surface area (Å²) in [5.41, 5.74) is 2.48. The lowest BCUT2D eigenvalue weighted by Crippen LogP contribution is -2.37. The molecule has 0 saturated heterocycles. The first-order chi connectivity index (χ1) is 10.9. The van der Waals surface area contributed by atoms with Crippen molar-refractivity contribution in [1.29, 1.82) is 0 Å². The number of hydrogen-bond donors (Lipinski definition) is 2. The number of nitrogens with zero attached hydrogens (tertiary/aromatic N) is 1. The highest BCUT2D eigenvalue weighted by molar-refractivity contribution is 7.89. The Labute approximate surface area is 136 Å². The molecule has 7 heteroatoms. The number of fused-ring (bicyclic) bond motifs is 1. The molecule has 1 heterocycles. The van der Waals surface area contributed by atoms with Crippen molar-refractivity contribution in [2.75, 3.05) is 25.4 Å². The molecule has 126 valence electrons. The molecule has 0 aliphatic heterocycles. The van der Waals surface area contributed by atoms with Gasteiger partial charge in [-0.3, -0.25) is 4.79 Å². The van der Waals surface area contributed by atoms with E-state index in [4.69, 9.17) is 0 Å². The molecule has 6 nitrogen and oxygen atoms in total.